The van der Waals surface area contributed by atoms with E-state index in [0.29, 0.717) is 36.8 Å². The molecule has 0 unspecified atom stereocenters. The summed E-state index contributed by atoms with van der Waals surface area (Å²) in [5.74, 6) is 0.0373. The molecule has 0 aliphatic carbocycles. The van der Waals surface area contributed by atoms with Crippen LogP contribution in [-0.4, -0.2) is 53.1 Å². The molecular formula is C27H25FN6O2. The molecule has 2 aromatic carbocycles. The second kappa shape index (κ2) is 10.6. The van der Waals surface area contributed by atoms with Crippen LogP contribution in [0.15, 0.2) is 48.8 Å². The normalized spacial score (nSPS) is 13.5. The zero-order valence-corrected chi connectivity index (χ0v) is 19.9. The minimum atomic E-state index is -0.333. The number of rotatable bonds is 7. The van der Waals surface area contributed by atoms with E-state index in [2.05, 4.69) is 25.1 Å². The molecule has 1 aliphatic rings. The van der Waals surface area contributed by atoms with Crippen LogP contribution in [0.3, 0.4) is 0 Å². The highest BCUT2D eigenvalue weighted by Crippen LogP contribution is 2.32. The first-order valence-corrected chi connectivity index (χ1v) is 11.8. The van der Waals surface area contributed by atoms with Crippen LogP contribution in [0.2, 0.25) is 0 Å². The number of ether oxygens (including phenoxy) is 2. The van der Waals surface area contributed by atoms with Crippen LogP contribution in [-0.2, 0) is 11.2 Å². The molecule has 5 rings (SSSR count). The van der Waals surface area contributed by atoms with E-state index in [1.165, 1.54) is 12.4 Å². The largest absolute Gasteiger partial charge is 0.476 e. The van der Waals surface area contributed by atoms with Crippen LogP contribution < -0.4 is 9.64 Å². The molecule has 3 heterocycles. The van der Waals surface area contributed by atoms with Gasteiger partial charge < -0.3 is 14.4 Å². The Morgan fingerprint density at radius 1 is 1.08 bits per heavy atom. The van der Waals surface area contributed by atoms with Gasteiger partial charge in [0.15, 0.2) is 0 Å². The number of hydrogen-bond acceptors (Lipinski definition) is 8. The third-order valence-electron chi connectivity index (χ3n) is 6.21. The van der Waals surface area contributed by atoms with Gasteiger partial charge in [-0.15, -0.1) is 5.10 Å². The van der Waals surface area contributed by atoms with Gasteiger partial charge in [0, 0.05) is 42.2 Å². The Morgan fingerprint density at radius 2 is 1.94 bits per heavy atom. The lowest BCUT2D eigenvalue weighted by Crippen LogP contribution is -2.36. The minimum Gasteiger partial charge on any atom is -0.476 e. The molecular weight excluding hydrogens is 459 g/mol. The fourth-order valence-electron chi connectivity index (χ4n) is 4.28. The van der Waals surface area contributed by atoms with Gasteiger partial charge in [0.25, 0.3) is 0 Å². The van der Waals surface area contributed by atoms with Crippen LogP contribution >= 0.6 is 0 Å². The highest BCUT2D eigenvalue weighted by Gasteiger charge is 2.17. The number of anilines is 1. The third kappa shape index (κ3) is 5.09. The Morgan fingerprint density at radius 3 is 2.72 bits per heavy atom. The first-order valence-electron chi connectivity index (χ1n) is 11.8. The van der Waals surface area contributed by atoms with Crippen LogP contribution in [0.4, 0.5) is 10.1 Å². The van der Waals surface area contributed by atoms with Gasteiger partial charge in [-0.3, -0.25) is 0 Å². The number of hydrogen-bond donors (Lipinski definition) is 0. The second-order valence-electron chi connectivity index (χ2n) is 8.58. The summed E-state index contributed by atoms with van der Waals surface area (Å²) in [6.07, 6.45) is 2.25. The van der Waals surface area contributed by atoms with Gasteiger partial charge in [-0.1, -0.05) is 0 Å². The summed E-state index contributed by atoms with van der Waals surface area (Å²) in [5.41, 5.74) is 5.29. The predicted molar refractivity (Wildman–Crippen MR) is 133 cm³/mol. The van der Waals surface area contributed by atoms with Gasteiger partial charge in [0.05, 0.1) is 42.6 Å². The number of halogens is 1. The van der Waals surface area contributed by atoms with Gasteiger partial charge in [-0.05, 0) is 54.4 Å². The minimum absolute atomic E-state index is 0.270. The van der Waals surface area contributed by atoms with Crippen molar-refractivity contribution in [3.8, 4) is 23.2 Å². The summed E-state index contributed by atoms with van der Waals surface area (Å²) < 4.78 is 26.0. The molecule has 8 nitrogen and oxygen atoms in total. The number of fused-ring (bicyclic) bond motifs is 1. The Labute approximate surface area is 208 Å². The number of benzene rings is 2. The summed E-state index contributed by atoms with van der Waals surface area (Å²) in [4.78, 5) is 11.2. The van der Waals surface area contributed by atoms with Gasteiger partial charge in [0.2, 0.25) is 5.88 Å². The second-order valence-corrected chi connectivity index (χ2v) is 8.58. The first-order chi connectivity index (χ1) is 17.6. The fourth-order valence-corrected chi connectivity index (χ4v) is 4.28. The Balaban J connectivity index is 1.43. The maximum absolute atomic E-state index is 15.2. The molecule has 0 amide bonds. The monoisotopic (exact) mass is 484 g/mol. The van der Waals surface area contributed by atoms with Crippen molar-refractivity contribution >= 4 is 16.6 Å². The summed E-state index contributed by atoms with van der Waals surface area (Å²) in [7, 11) is 0. The van der Waals surface area contributed by atoms with Gasteiger partial charge in [0.1, 0.15) is 18.8 Å². The van der Waals surface area contributed by atoms with Gasteiger partial charge in [-0.2, -0.15) is 10.4 Å². The lowest BCUT2D eigenvalue weighted by Gasteiger charge is -2.29. The van der Waals surface area contributed by atoms with E-state index in [1.807, 2.05) is 43.3 Å². The molecule has 36 heavy (non-hydrogen) atoms. The number of nitrogens with zero attached hydrogens (tertiary/aromatic N) is 6. The number of aromatic nitrogens is 4. The molecule has 1 fully saturated rings. The average molecular weight is 485 g/mol. The maximum Gasteiger partial charge on any atom is 0.233 e. The highest BCUT2D eigenvalue weighted by atomic mass is 19.1. The number of nitriles is 1. The molecule has 0 spiro atoms. The van der Waals surface area contributed by atoms with Crippen molar-refractivity contribution in [3.63, 3.8) is 0 Å². The first kappa shape index (κ1) is 23.6. The summed E-state index contributed by atoms with van der Waals surface area (Å²) in [6, 6.07) is 15.0. The molecule has 2 aromatic heterocycles. The summed E-state index contributed by atoms with van der Waals surface area (Å²) >= 11 is 0. The van der Waals surface area contributed by atoms with E-state index in [9.17, 15) is 0 Å². The predicted octanol–water partition coefficient (Wildman–Crippen LogP) is 4.25. The van der Waals surface area contributed by atoms with Crippen LogP contribution in [0.25, 0.3) is 22.2 Å². The van der Waals surface area contributed by atoms with E-state index in [0.717, 1.165) is 46.5 Å². The van der Waals surface area contributed by atoms with Gasteiger partial charge in [-0.25, -0.2) is 14.4 Å². The molecule has 0 radical (unpaired) electrons. The van der Waals surface area contributed by atoms with E-state index in [1.54, 1.807) is 6.07 Å². The average Bonchev–Trinajstić information content (AvgIpc) is 2.91. The quantitative estimate of drug-likeness (QED) is 0.359. The SMILES string of the molecule is Cc1cc(F)c(-c2ncnc3cc(N4CCOCC4)ccc23)cc1Cc1ccc(OCCC#N)nn1. The molecule has 182 valence electrons. The fraction of sp³-hybridized carbons (Fsp3) is 0.296. The standard InChI is InChI=1S/C27H25FN6O2/c1-18-13-24(28)23(15-19(18)14-20-3-6-26(33-32-20)36-10-2-7-29)27-22-5-4-21(16-25(22)30-17-31-27)34-8-11-35-12-9-34/h3-6,13,15-17H,2,8-12,14H2,1H3. The maximum atomic E-state index is 15.2. The van der Waals surface area contributed by atoms with Crippen molar-refractivity contribution in [1.82, 2.24) is 20.2 Å². The van der Waals surface area contributed by atoms with Gasteiger partial charge >= 0.3 is 0 Å². The molecule has 4 aromatic rings. The summed E-state index contributed by atoms with van der Waals surface area (Å²) in [6.45, 7) is 5.20. The molecule has 0 N–H and O–H groups in total. The molecule has 0 saturated carbocycles. The third-order valence-corrected chi connectivity index (χ3v) is 6.21. The van der Waals surface area contributed by atoms with Crippen molar-refractivity contribution in [1.29, 1.82) is 5.26 Å². The lowest BCUT2D eigenvalue weighted by molar-refractivity contribution is 0.122. The molecule has 9 heteroatoms. The highest BCUT2D eigenvalue weighted by molar-refractivity contribution is 5.94. The van der Waals surface area contributed by atoms with Crippen molar-refractivity contribution < 1.29 is 13.9 Å². The molecule has 0 atom stereocenters. The zero-order valence-electron chi connectivity index (χ0n) is 19.9. The smallest absolute Gasteiger partial charge is 0.233 e. The van der Waals surface area contributed by atoms with E-state index in [-0.39, 0.29) is 18.8 Å². The number of morpholine rings is 1. The van der Waals surface area contributed by atoms with Crippen molar-refractivity contribution in [3.05, 3.63) is 71.4 Å². The Kier molecular flexibility index (Phi) is 6.96. The van der Waals surface area contributed by atoms with Crippen molar-refractivity contribution in [2.24, 2.45) is 0 Å². The zero-order chi connectivity index (χ0) is 24.9. The van der Waals surface area contributed by atoms with E-state index in [4.69, 9.17) is 14.7 Å². The molecule has 1 saturated heterocycles. The number of aryl methyl sites for hydroxylation is 1. The van der Waals surface area contributed by atoms with Crippen molar-refractivity contribution in [2.45, 2.75) is 19.8 Å². The topological polar surface area (TPSA) is 97.1 Å². The van der Waals surface area contributed by atoms with E-state index >= 15 is 4.39 Å². The Hall–Kier alpha value is -4.16. The van der Waals surface area contributed by atoms with Crippen LogP contribution in [0.5, 0.6) is 5.88 Å². The Bertz CT molecular complexity index is 1410. The van der Waals surface area contributed by atoms with Crippen LogP contribution in [0, 0.1) is 24.1 Å². The molecule has 1 aliphatic heterocycles. The van der Waals surface area contributed by atoms with Crippen LogP contribution in [0.1, 0.15) is 23.2 Å². The lowest BCUT2D eigenvalue weighted by atomic mass is 9.97. The molecule has 0 bridgehead atoms. The van der Waals surface area contributed by atoms with E-state index < -0.39 is 0 Å². The van der Waals surface area contributed by atoms with Crippen molar-refractivity contribution in [2.75, 3.05) is 37.8 Å². The summed E-state index contributed by atoms with van der Waals surface area (Å²) in [5, 5.41) is 17.7.